The van der Waals surface area contributed by atoms with Crippen LogP contribution in [-0.2, 0) is 4.74 Å². The fourth-order valence-electron chi connectivity index (χ4n) is 2.62. The van der Waals surface area contributed by atoms with Crippen LogP contribution in [0.4, 0.5) is 11.4 Å². The van der Waals surface area contributed by atoms with Crippen molar-refractivity contribution in [2.75, 3.05) is 36.5 Å². The quantitative estimate of drug-likeness (QED) is 0.806. The average molecular weight is 376 g/mol. The van der Waals surface area contributed by atoms with E-state index in [0.717, 1.165) is 24.5 Å². The van der Waals surface area contributed by atoms with Gasteiger partial charge in [-0.05, 0) is 42.5 Å². The van der Waals surface area contributed by atoms with Crippen LogP contribution in [0.2, 0.25) is 5.02 Å². The fraction of sp³-hybridized carbons (Fsp3) is 0.222. The number of hydrogen-bond donors (Lipinski definition) is 2. The molecule has 1 aliphatic heterocycles. The number of nitrogens with zero attached hydrogens (tertiary/aromatic N) is 1. The molecular weight excluding hydrogens is 358 g/mol. The van der Waals surface area contributed by atoms with Crippen molar-refractivity contribution in [3.05, 3.63) is 59.1 Å². The number of rotatable bonds is 3. The molecule has 3 rings (SSSR count). The molecule has 0 spiro atoms. The molecule has 1 aliphatic rings. The van der Waals surface area contributed by atoms with Gasteiger partial charge in [-0.15, -0.1) is 0 Å². The molecule has 1 saturated heterocycles. The second-order valence-electron chi connectivity index (χ2n) is 5.54. The summed E-state index contributed by atoms with van der Waals surface area (Å²) in [6.45, 7) is 3.04. The van der Waals surface area contributed by atoms with E-state index in [9.17, 15) is 4.79 Å². The number of benzene rings is 2. The number of morpholine rings is 1. The van der Waals surface area contributed by atoms with Gasteiger partial charge in [0.2, 0.25) is 0 Å². The molecule has 0 unspecified atom stereocenters. The van der Waals surface area contributed by atoms with Crippen molar-refractivity contribution in [3.8, 4) is 0 Å². The molecule has 1 fully saturated rings. The van der Waals surface area contributed by atoms with Gasteiger partial charge in [0.1, 0.15) is 0 Å². The van der Waals surface area contributed by atoms with E-state index in [1.165, 1.54) is 0 Å². The van der Waals surface area contributed by atoms with Gasteiger partial charge in [0.25, 0.3) is 5.91 Å². The monoisotopic (exact) mass is 375 g/mol. The van der Waals surface area contributed by atoms with Crippen LogP contribution in [0, 0.1) is 0 Å². The predicted molar refractivity (Wildman–Crippen MR) is 105 cm³/mol. The summed E-state index contributed by atoms with van der Waals surface area (Å²) in [5.74, 6) is -0.302. The lowest BCUT2D eigenvalue weighted by Crippen LogP contribution is -2.38. The molecule has 0 aromatic heterocycles. The van der Waals surface area contributed by atoms with E-state index in [0.29, 0.717) is 23.8 Å². The summed E-state index contributed by atoms with van der Waals surface area (Å²) >= 11 is 11.2. The minimum absolute atomic E-state index is 0.241. The van der Waals surface area contributed by atoms with E-state index in [2.05, 4.69) is 15.5 Å². The van der Waals surface area contributed by atoms with Crippen LogP contribution in [0.3, 0.4) is 0 Å². The molecule has 25 heavy (non-hydrogen) atoms. The molecule has 5 nitrogen and oxygen atoms in total. The van der Waals surface area contributed by atoms with Gasteiger partial charge >= 0.3 is 0 Å². The number of para-hydroxylation sites is 2. The molecule has 0 atom stereocenters. The molecule has 0 saturated carbocycles. The van der Waals surface area contributed by atoms with E-state index >= 15 is 0 Å². The van der Waals surface area contributed by atoms with E-state index in [-0.39, 0.29) is 11.0 Å². The van der Waals surface area contributed by atoms with Crippen molar-refractivity contribution < 1.29 is 9.53 Å². The zero-order chi connectivity index (χ0) is 17.6. The first-order valence-corrected chi connectivity index (χ1v) is 8.72. The summed E-state index contributed by atoms with van der Waals surface area (Å²) in [5.41, 5.74) is 2.34. The Hall–Kier alpha value is -2.15. The number of nitrogens with one attached hydrogen (secondary N) is 2. The maximum atomic E-state index is 12.3. The first kappa shape index (κ1) is 17.7. The van der Waals surface area contributed by atoms with Crippen LogP contribution in [0.1, 0.15) is 10.4 Å². The molecular formula is C18H18ClN3O2S. The van der Waals surface area contributed by atoms with Crippen molar-refractivity contribution >= 4 is 46.2 Å². The summed E-state index contributed by atoms with van der Waals surface area (Å²) in [6.07, 6.45) is 0. The van der Waals surface area contributed by atoms with E-state index in [1.54, 1.807) is 24.3 Å². The Labute approximate surface area is 156 Å². The SMILES string of the molecule is O=C(NC(=S)Nc1ccccc1N1CCOCC1)c1cccc(Cl)c1. The Morgan fingerprint density at radius 2 is 1.88 bits per heavy atom. The summed E-state index contributed by atoms with van der Waals surface area (Å²) in [7, 11) is 0. The maximum absolute atomic E-state index is 12.3. The van der Waals surface area contributed by atoms with Gasteiger partial charge in [-0.25, -0.2) is 0 Å². The Bertz CT molecular complexity index is 778. The molecule has 130 valence electrons. The normalized spacial score (nSPS) is 14.0. The second-order valence-corrected chi connectivity index (χ2v) is 6.38. The Kier molecular flexibility index (Phi) is 5.86. The number of carbonyl (C=O) groups excluding carboxylic acids is 1. The van der Waals surface area contributed by atoms with Crippen molar-refractivity contribution in [3.63, 3.8) is 0 Å². The highest BCUT2D eigenvalue weighted by Gasteiger charge is 2.15. The predicted octanol–water partition coefficient (Wildman–Crippen LogP) is 3.30. The molecule has 1 amide bonds. The number of thiocarbonyl (C=S) groups is 1. The minimum Gasteiger partial charge on any atom is -0.378 e. The molecule has 0 aliphatic carbocycles. The van der Waals surface area contributed by atoms with Gasteiger partial charge in [-0.3, -0.25) is 10.1 Å². The summed E-state index contributed by atoms with van der Waals surface area (Å²) in [6, 6.07) is 14.6. The third kappa shape index (κ3) is 4.69. The molecule has 2 aromatic rings. The van der Waals surface area contributed by atoms with Crippen LogP contribution in [0.15, 0.2) is 48.5 Å². The highest BCUT2D eigenvalue weighted by molar-refractivity contribution is 7.80. The topological polar surface area (TPSA) is 53.6 Å². The van der Waals surface area contributed by atoms with Gasteiger partial charge < -0.3 is 15.0 Å². The van der Waals surface area contributed by atoms with Crippen LogP contribution >= 0.6 is 23.8 Å². The van der Waals surface area contributed by atoms with Crippen molar-refractivity contribution in [1.82, 2.24) is 5.32 Å². The number of halogens is 1. The zero-order valence-corrected chi connectivity index (χ0v) is 15.1. The zero-order valence-electron chi connectivity index (χ0n) is 13.5. The van der Waals surface area contributed by atoms with Crippen LogP contribution in [0.5, 0.6) is 0 Å². The molecule has 1 heterocycles. The van der Waals surface area contributed by atoms with E-state index in [4.69, 9.17) is 28.6 Å². The van der Waals surface area contributed by atoms with Gasteiger partial charge in [-0.1, -0.05) is 29.8 Å². The van der Waals surface area contributed by atoms with Crippen LogP contribution in [0.25, 0.3) is 0 Å². The van der Waals surface area contributed by atoms with Gasteiger partial charge in [0.15, 0.2) is 5.11 Å². The van der Waals surface area contributed by atoms with Gasteiger partial charge in [-0.2, -0.15) is 0 Å². The third-order valence-corrected chi connectivity index (χ3v) is 4.26. The highest BCUT2D eigenvalue weighted by Crippen LogP contribution is 2.26. The number of hydrogen-bond acceptors (Lipinski definition) is 4. The second kappa shape index (κ2) is 8.29. The van der Waals surface area contributed by atoms with Gasteiger partial charge in [0, 0.05) is 23.7 Å². The van der Waals surface area contributed by atoms with Crippen LogP contribution in [-0.4, -0.2) is 37.3 Å². The smallest absolute Gasteiger partial charge is 0.257 e. The fourth-order valence-corrected chi connectivity index (χ4v) is 3.01. The van der Waals surface area contributed by atoms with E-state index in [1.807, 2.05) is 24.3 Å². The van der Waals surface area contributed by atoms with Crippen molar-refractivity contribution in [2.24, 2.45) is 0 Å². The Morgan fingerprint density at radius 3 is 2.64 bits per heavy atom. The summed E-state index contributed by atoms with van der Waals surface area (Å²) in [4.78, 5) is 14.5. The molecule has 0 bridgehead atoms. The third-order valence-electron chi connectivity index (χ3n) is 3.82. The molecule has 2 aromatic carbocycles. The van der Waals surface area contributed by atoms with E-state index < -0.39 is 0 Å². The summed E-state index contributed by atoms with van der Waals surface area (Å²) in [5, 5.41) is 6.53. The van der Waals surface area contributed by atoms with Crippen molar-refractivity contribution in [2.45, 2.75) is 0 Å². The largest absolute Gasteiger partial charge is 0.378 e. The lowest BCUT2D eigenvalue weighted by Gasteiger charge is -2.30. The molecule has 2 N–H and O–H groups in total. The molecule has 0 radical (unpaired) electrons. The highest BCUT2D eigenvalue weighted by atomic mass is 35.5. The van der Waals surface area contributed by atoms with Gasteiger partial charge in [0.05, 0.1) is 24.6 Å². The lowest BCUT2D eigenvalue weighted by molar-refractivity contribution is 0.0977. The maximum Gasteiger partial charge on any atom is 0.257 e. The van der Waals surface area contributed by atoms with Crippen molar-refractivity contribution in [1.29, 1.82) is 0 Å². The number of amides is 1. The minimum atomic E-state index is -0.302. The first-order valence-electron chi connectivity index (χ1n) is 7.93. The van der Waals surface area contributed by atoms with Crippen LogP contribution < -0.4 is 15.5 Å². The first-order chi connectivity index (χ1) is 12.1. The number of carbonyl (C=O) groups is 1. The Balaban J connectivity index is 1.68. The summed E-state index contributed by atoms with van der Waals surface area (Å²) < 4.78 is 5.40. The number of anilines is 2. The average Bonchev–Trinajstić information content (AvgIpc) is 2.63. The Morgan fingerprint density at radius 1 is 1.12 bits per heavy atom. The lowest BCUT2D eigenvalue weighted by atomic mass is 10.2. The number of ether oxygens (including phenoxy) is 1. The molecule has 7 heteroatoms. The standard InChI is InChI=1S/C18H18ClN3O2S/c19-14-5-3-4-13(12-14)17(23)21-18(25)20-15-6-1-2-7-16(15)22-8-10-24-11-9-22/h1-7,12H,8-11H2,(H2,20,21,23,25).